The van der Waals surface area contributed by atoms with E-state index in [0.29, 0.717) is 18.4 Å². The van der Waals surface area contributed by atoms with Gasteiger partial charge in [0.25, 0.3) is 0 Å². The molecular weight excluding hydrogens is 243 g/mol. The average molecular weight is 266 g/mol. The number of benzene rings is 1. The molecule has 19 heavy (non-hydrogen) atoms. The second-order valence-electron chi connectivity index (χ2n) is 5.04. The summed E-state index contributed by atoms with van der Waals surface area (Å²) in [4.78, 5) is 2.38. The zero-order chi connectivity index (χ0) is 13.7. The Kier molecular flexibility index (Phi) is 5.16. The number of hydrogen-bond donors (Lipinski definition) is 1. The van der Waals surface area contributed by atoms with Gasteiger partial charge in [0.15, 0.2) is 11.6 Å². The van der Waals surface area contributed by atoms with Crippen molar-refractivity contribution < 1.29 is 9.13 Å². The molecule has 0 spiro atoms. The molecule has 0 aliphatic carbocycles. The molecule has 1 saturated heterocycles. The van der Waals surface area contributed by atoms with Crippen LogP contribution in [0.5, 0.6) is 5.75 Å². The zero-order valence-corrected chi connectivity index (χ0v) is 11.8. The summed E-state index contributed by atoms with van der Waals surface area (Å²) in [6.07, 6.45) is 2.33. The lowest BCUT2D eigenvalue weighted by Crippen LogP contribution is -2.40. The Bertz CT molecular complexity index is 403. The van der Waals surface area contributed by atoms with Crippen LogP contribution in [-0.4, -0.2) is 37.7 Å². The predicted octanol–water partition coefficient (Wildman–Crippen LogP) is 2.41. The minimum atomic E-state index is -0.260. The van der Waals surface area contributed by atoms with Crippen molar-refractivity contribution in [2.45, 2.75) is 32.4 Å². The molecule has 3 nitrogen and oxygen atoms in total. The largest absolute Gasteiger partial charge is 0.491 e. The third-order valence-electron chi connectivity index (χ3n) is 3.70. The number of hydrogen-bond acceptors (Lipinski definition) is 3. The molecule has 1 fully saturated rings. The van der Waals surface area contributed by atoms with E-state index >= 15 is 0 Å². The van der Waals surface area contributed by atoms with Crippen LogP contribution >= 0.6 is 0 Å². The normalized spacial score (nSPS) is 17.6. The maximum atomic E-state index is 13.8. The van der Waals surface area contributed by atoms with Crippen molar-refractivity contribution in [2.24, 2.45) is 0 Å². The van der Waals surface area contributed by atoms with Crippen molar-refractivity contribution in [1.82, 2.24) is 10.2 Å². The van der Waals surface area contributed by atoms with Crippen molar-refractivity contribution >= 4 is 0 Å². The summed E-state index contributed by atoms with van der Waals surface area (Å²) in [5.74, 6) is 0.0876. The third-order valence-corrected chi connectivity index (χ3v) is 3.70. The highest BCUT2D eigenvalue weighted by molar-refractivity contribution is 5.29. The summed E-state index contributed by atoms with van der Waals surface area (Å²) in [6.45, 7) is 5.31. The van der Waals surface area contributed by atoms with E-state index in [4.69, 9.17) is 4.74 Å². The van der Waals surface area contributed by atoms with E-state index in [9.17, 15) is 4.39 Å². The number of piperidine rings is 1. The summed E-state index contributed by atoms with van der Waals surface area (Å²) in [6, 6.07) is 5.91. The van der Waals surface area contributed by atoms with Gasteiger partial charge in [-0.2, -0.15) is 0 Å². The number of ether oxygens (including phenoxy) is 1. The Morgan fingerprint density at radius 3 is 2.68 bits per heavy atom. The zero-order valence-electron chi connectivity index (χ0n) is 11.8. The van der Waals surface area contributed by atoms with Gasteiger partial charge in [0, 0.05) is 12.6 Å². The van der Waals surface area contributed by atoms with Crippen molar-refractivity contribution in [1.29, 1.82) is 0 Å². The van der Waals surface area contributed by atoms with Gasteiger partial charge in [-0.1, -0.05) is 6.07 Å². The standard InChI is InChI=1S/C15H23FN2O/c1-3-19-15-5-4-12(10-14(15)16)11-18-8-6-13(17-2)7-9-18/h4-5,10,13,17H,3,6-9,11H2,1-2H3. The number of nitrogens with one attached hydrogen (secondary N) is 1. The van der Waals surface area contributed by atoms with E-state index in [0.717, 1.165) is 38.0 Å². The number of rotatable bonds is 5. The van der Waals surface area contributed by atoms with Crippen LogP contribution in [0, 0.1) is 5.82 Å². The van der Waals surface area contributed by atoms with E-state index in [1.807, 2.05) is 20.0 Å². The van der Waals surface area contributed by atoms with Crippen molar-refractivity contribution in [3.8, 4) is 5.75 Å². The maximum Gasteiger partial charge on any atom is 0.165 e. The first-order valence-electron chi connectivity index (χ1n) is 7.03. The highest BCUT2D eigenvalue weighted by Crippen LogP contribution is 2.20. The van der Waals surface area contributed by atoms with Crippen LogP contribution in [-0.2, 0) is 6.54 Å². The fraction of sp³-hybridized carbons (Fsp3) is 0.600. The van der Waals surface area contributed by atoms with Gasteiger partial charge in [-0.05, 0) is 57.6 Å². The fourth-order valence-corrected chi connectivity index (χ4v) is 2.55. The van der Waals surface area contributed by atoms with Gasteiger partial charge in [0.05, 0.1) is 6.61 Å². The van der Waals surface area contributed by atoms with Crippen molar-refractivity contribution in [3.63, 3.8) is 0 Å². The first kappa shape index (κ1) is 14.3. The monoisotopic (exact) mass is 266 g/mol. The first-order valence-corrected chi connectivity index (χ1v) is 7.03. The summed E-state index contributed by atoms with van der Waals surface area (Å²) in [5, 5.41) is 3.32. The Hall–Kier alpha value is -1.13. The van der Waals surface area contributed by atoms with Crippen LogP contribution in [0.1, 0.15) is 25.3 Å². The Morgan fingerprint density at radius 2 is 2.11 bits per heavy atom. The molecule has 1 aromatic rings. The predicted molar refractivity (Wildman–Crippen MR) is 74.9 cm³/mol. The minimum absolute atomic E-state index is 0.260. The Morgan fingerprint density at radius 1 is 1.37 bits per heavy atom. The molecule has 2 rings (SSSR count). The highest BCUT2D eigenvalue weighted by Gasteiger charge is 2.18. The number of likely N-dealkylation sites (tertiary alicyclic amines) is 1. The maximum absolute atomic E-state index is 13.8. The van der Waals surface area contributed by atoms with Gasteiger partial charge in [0.1, 0.15) is 0 Å². The molecule has 0 bridgehead atoms. The molecular formula is C15H23FN2O. The Labute approximate surface area is 114 Å². The fourth-order valence-electron chi connectivity index (χ4n) is 2.55. The number of nitrogens with zero attached hydrogens (tertiary/aromatic N) is 1. The smallest absolute Gasteiger partial charge is 0.165 e. The lowest BCUT2D eigenvalue weighted by atomic mass is 10.0. The molecule has 4 heteroatoms. The van der Waals surface area contributed by atoms with Crippen LogP contribution < -0.4 is 10.1 Å². The van der Waals surface area contributed by atoms with Gasteiger partial charge in [-0.25, -0.2) is 4.39 Å². The summed E-state index contributed by atoms with van der Waals surface area (Å²) >= 11 is 0. The van der Waals surface area contributed by atoms with Crippen LogP contribution in [0.2, 0.25) is 0 Å². The van der Waals surface area contributed by atoms with E-state index in [1.54, 1.807) is 12.1 Å². The third kappa shape index (κ3) is 3.91. The molecule has 1 heterocycles. The summed E-state index contributed by atoms with van der Waals surface area (Å²) in [7, 11) is 2.02. The van der Waals surface area contributed by atoms with Crippen LogP contribution in [0.25, 0.3) is 0 Å². The average Bonchev–Trinajstić information content (AvgIpc) is 2.43. The lowest BCUT2D eigenvalue weighted by molar-refractivity contribution is 0.194. The first-order chi connectivity index (χ1) is 9.22. The van der Waals surface area contributed by atoms with Crippen molar-refractivity contribution in [2.75, 3.05) is 26.7 Å². The summed E-state index contributed by atoms with van der Waals surface area (Å²) in [5.41, 5.74) is 1.02. The van der Waals surface area contributed by atoms with Gasteiger partial charge in [-0.15, -0.1) is 0 Å². The van der Waals surface area contributed by atoms with Gasteiger partial charge in [-0.3, -0.25) is 4.90 Å². The van der Waals surface area contributed by atoms with E-state index in [-0.39, 0.29) is 5.82 Å². The van der Waals surface area contributed by atoms with Crippen molar-refractivity contribution in [3.05, 3.63) is 29.6 Å². The molecule has 0 atom stereocenters. The molecule has 106 valence electrons. The number of halogens is 1. The van der Waals surface area contributed by atoms with Crippen LogP contribution in [0.15, 0.2) is 18.2 Å². The van der Waals surface area contributed by atoms with Gasteiger partial charge >= 0.3 is 0 Å². The molecule has 1 aliphatic heterocycles. The molecule has 1 aliphatic rings. The van der Waals surface area contributed by atoms with E-state index < -0.39 is 0 Å². The van der Waals surface area contributed by atoms with Crippen LogP contribution in [0.3, 0.4) is 0 Å². The molecule has 0 saturated carbocycles. The van der Waals surface area contributed by atoms with E-state index in [2.05, 4.69) is 10.2 Å². The second kappa shape index (κ2) is 6.87. The molecule has 0 aromatic heterocycles. The molecule has 1 N–H and O–H groups in total. The second-order valence-corrected chi connectivity index (χ2v) is 5.04. The summed E-state index contributed by atoms with van der Waals surface area (Å²) < 4.78 is 19.0. The Balaban J connectivity index is 1.91. The molecule has 1 aromatic carbocycles. The van der Waals surface area contributed by atoms with Gasteiger partial charge < -0.3 is 10.1 Å². The topological polar surface area (TPSA) is 24.5 Å². The SMILES string of the molecule is CCOc1ccc(CN2CCC(NC)CC2)cc1F. The van der Waals surface area contributed by atoms with Gasteiger partial charge in [0.2, 0.25) is 0 Å². The lowest BCUT2D eigenvalue weighted by Gasteiger charge is -2.31. The minimum Gasteiger partial charge on any atom is -0.491 e. The molecule has 0 unspecified atom stereocenters. The van der Waals surface area contributed by atoms with E-state index in [1.165, 1.54) is 0 Å². The highest BCUT2D eigenvalue weighted by atomic mass is 19.1. The quantitative estimate of drug-likeness (QED) is 0.885. The molecule has 0 amide bonds. The molecule has 0 radical (unpaired) electrons. The van der Waals surface area contributed by atoms with Crippen LogP contribution in [0.4, 0.5) is 4.39 Å².